The van der Waals surface area contributed by atoms with Crippen molar-refractivity contribution in [3.63, 3.8) is 0 Å². The molecule has 4 heteroatoms. The van der Waals surface area contributed by atoms with Crippen molar-refractivity contribution in [2.45, 2.75) is 45.5 Å². The Kier molecular flexibility index (Phi) is 4.80. The van der Waals surface area contributed by atoms with Gasteiger partial charge in [-0.3, -0.25) is 4.90 Å². The Morgan fingerprint density at radius 3 is 3.00 bits per heavy atom. The average Bonchev–Trinajstić information content (AvgIpc) is 2.95. The summed E-state index contributed by atoms with van der Waals surface area (Å²) in [7, 11) is 2.17. The minimum absolute atomic E-state index is 0.333. The van der Waals surface area contributed by atoms with Crippen LogP contribution in [0.3, 0.4) is 0 Å². The van der Waals surface area contributed by atoms with Gasteiger partial charge in [0.15, 0.2) is 0 Å². The third-order valence-corrected chi connectivity index (χ3v) is 3.70. The first-order valence-corrected chi connectivity index (χ1v) is 6.80. The zero-order chi connectivity index (χ0) is 13.0. The summed E-state index contributed by atoms with van der Waals surface area (Å²) in [6.07, 6.45) is 3.24. The highest BCUT2D eigenvalue weighted by Crippen LogP contribution is 2.21. The first-order valence-electron chi connectivity index (χ1n) is 6.80. The van der Waals surface area contributed by atoms with Crippen molar-refractivity contribution in [3.8, 4) is 0 Å². The van der Waals surface area contributed by atoms with Crippen molar-refractivity contribution < 1.29 is 9.15 Å². The molecule has 1 N–H and O–H groups in total. The molecule has 0 radical (unpaired) electrons. The maximum atomic E-state index is 5.62. The summed E-state index contributed by atoms with van der Waals surface area (Å²) in [5.74, 6) is 1.05. The number of furan rings is 1. The minimum atomic E-state index is 0.333. The fourth-order valence-electron chi connectivity index (χ4n) is 2.59. The van der Waals surface area contributed by atoms with Crippen LogP contribution in [-0.4, -0.2) is 37.2 Å². The summed E-state index contributed by atoms with van der Waals surface area (Å²) in [6, 6.07) is 2.59. The molecule has 1 aliphatic heterocycles. The summed E-state index contributed by atoms with van der Waals surface area (Å²) in [6.45, 7) is 7.84. The lowest BCUT2D eigenvalue weighted by molar-refractivity contribution is 0.0812. The largest absolute Gasteiger partial charge is 0.468 e. The SMILES string of the molecule is CCNCc1occc1CN(C)C1CCOC1C. The Bertz CT molecular complexity index is 364. The van der Waals surface area contributed by atoms with E-state index in [1.807, 2.05) is 0 Å². The number of hydrogen-bond donors (Lipinski definition) is 1. The Morgan fingerprint density at radius 2 is 2.33 bits per heavy atom. The number of likely N-dealkylation sites (N-methyl/N-ethyl adjacent to an activating group) is 1. The lowest BCUT2D eigenvalue weighted by atomic mass is 10.1. The first kappa shape index (κ1) is 13.6. The standard InChI is InChI=1S/C14H24N2O2/c1-4-15-9-14-12(5-7-18-14)10-16(3)13-6-8-17-11(13)2/h5,7,11,13,15H,4,6,8-10H2,1-3H3. The van der Waals surface area contributed by atoms with E-state index in [-0.39, 0.29) is 0 Å². The van der Waals surface area contributed by atoms with Crippen molar-refractivity contribution >= 4 is 0 Å². The lowest BCUT2D eigenvalue weighted by Gasteiger charge is -2.26. The monoisotopic (exact) mass is 252 g/mol. The van der Waals surface area contributed by atoms with Crippen molar-refractivity contribution in [3.05, 3.63) is 23.7 Å². The van der Waals surface area contributed by atoms with Crippen LogP contribution in [0, 0.1) is 0 Å². The second-order valence-corrected chi connectivity index (χ2v) is 5.00. The van der Waals surface area contributed by atoms with Gasteiger partial charge in [-0.05, 0) is 33.0 Å². The molecule has 1 fully saturated rings. The molecule has 1 aromatic rings. The molecule has 18 heavy (non-hydrogen) atoms. The zero-order valence-corrected chi connectivity index (χ0v) is 11.6. The molecule has 1 aromatic heterocycles. The van der Waals surface area contributed by atoms with Gasteiger partial charge in [0.2, 0.25) is 0 Å². The average molecular weight is 252 g/mol. The number of hydrogen-bond acceptors (Lipinski definition) is 4. The summed E-state index contributed by atoms with van der Waals surface area (Å²) in [4.78, 5) is 2.37. The second kappa shape index (κ2) is 6.36. The smallest absolute Gasteiger partial charge is 0.122 e. The molecule has 2 heterocycles. The van der Waals surface area contributed by atoms with E-state index < -0.39 is 0 Å². The quantitative estimate of drug-likeness (QED) is 0.840. The summed E-state index contributed by atoms with van der Waals surface area (Å²) in [5.41, 5.74) is 1.28. The van der Waals surface area contributed by atoms with E-state index in [1.54, 1.807) is 6.26 Å². The molecule has 1 saturated heterocycles. The van der Waals surface area contributed by atoms with Crippen molar-refractivity contribution in [1.29, 1.82) is 0 Å². The highest BCUT2D eigenvalue weighted by atomic mass is 16.5. The number of nitrogens with zero attached hydrogens (tertiary/aromatic N) is 1. The van der Waals surface area contributed by atoms with Gasteiger partial charge in [-0.1, -0.05) is 6.92 Å². The van der Waals surface area contributed by atoms with E-state index in [1.165, 1.54) is 5.56 Å². The van der Waals surface area contributed by atoms with E-state index in [4.69, 9.17) is 9.15 Å². The highest BCUT2D eigenvalue weighted by molar-refractivity contribution is 5.17. The third kappa shape index (κ3) is 3.13. The van der Waals surface area contributed by atoms with Gasteiger partial charge < -0.3 is 14.5 Å². The van der Waals surface area contributed by atoms with Crippen LogP contribution in [0.2, 0.25) is 0 Å². The molecular weight excluding hydrogens is 228 g/mol. The molecule has 4 nitrogen and oxygen atoms in total. The van der Waals surface area contributed by atoms with Crippen LogP contribution >= 0.6 is 0 Å². The Labute approximate surface area is 109 Å². The Morgan fingerprint density at radius 1 is 1.50 bits per heavy atom. The fraction of sp³-hybridized carbons (Fsp3) is 0.714. The minimum Gasteiger partial charge on any atom is -0.468 e. The molecule has 102 valence electrons. The Balaban J connectivity index is 1.94. The van der Waals surface area contributed by atoms with Crippen LogP contribution in [0.15, 0.2) is 16.7 Å². The van der Waals surface area contributed by atoms with Crippen LogP contribution < -0.4 is 5.32 Å². The molecule has 0 saturated carbocycles. The van der Waals surface area contributed by atoms with E-state index >= 15 is 0 Å². The van der Waals surface area contributed by atoms with E-state index in [0.29, 0.717) is 12.1 Å². The van der Waals surface area contributed by atoms with Crippen LogP contribution in [0.1, 0.15) is 31.6 Å². The summed E-state index contributed by atoms with van der Waals surface area (Å²) >= 11 is 0. The van der Waals surface area contributed by atoms with Crippen LogP contribution in [0.5, 0.6) is 0 Å². The van der Waals surface area contributed by atoms with Gasteiger partial charge in [0.25, 0.3) is 0 Å². The van der Waals surface area contributed by atoms with Gasteiger partial charge in [0, 0.05) is 24.8 Å². The van der Waals surface area contributed by atoms with Gasteiger partial charge in [-0.15, -0.1) is 0 Å². The van der Waals surface area contributed by atoms with Crippen LogP contribution in [-0.2, 0) is 17.8 Å². The maximum absolute atomic E-state index is 5.62. The van der Waals surface area contributed by atoms with Crippen LogP contribution in [0.4, 0.5) is 0 Å². The zero-order valence-electron chi connectivity index (χ0n) is 11.6. The van der Waals surface area contributed by atoms with Crippen molar-refractivity contribution in [2.24, 2.45) is 0 Å². The predicted molar refractivity (Wildman–Crippen MR) is 71.4 cm³/mol. The molecule has 0 aliphatic carbocycles. The molecule has 0 aromatic carbocycles. The normalized spacial score (nSPS) is 24.0. The van der Waals surface area contributed by atoms with Crippen molar-refractivity contribution in [2.75, 3.05) is 20.2 Å². The molecule has 2 rings (SSSR count). The number of ether oxygens (including phenoxy) is 1. The maximum Gasteiger partial charge on any atom is 0.122 e. The Hall–Kier alpha value is -0.840. The summed E-state index contributed by atoms with van der Waals surface area (Å²) in [5, 5.41) is 3.31. The van der Waals surface area contributed by atoms with E-state index in [9.17, 15) is 0 Å². The molecule has 0 amide bonds. The van der Waals surface area contributed by atoms with Gasteiger partial charge in [-0.2, -0.15) is 0 Å². The molecule has 0 bridgehead atoms. The van der Waals surface area contributed by atoms with Crippen LogP contribution in [0.25, 0.3) is 0 Å². The van der Waals surface area contributed by atoms with E-state index in [0.717, 1.165) is 38.4 Å². The second-order valence-electron chi connectivity index (χ2n) is 5.00. The number of rotatable bonds is 6. The predicted octanol–water partition coefficient (Wildman–Crippen LogP) is 2.00. The fourth-order valence-corrected chi connectivity index (χ4v) is 2.59. The lowest BCUT2D eigenvalue weighted by Crippen LogP contribution is -2.36. The molecule has 1 aliphatic rings. The first-order chi connectivity index (χ1) is 8.72. The molecule has 2 unspecified atom stereocenters. The summed E-state index contributed by atoms with van der Waals surface area (Å²) < 4.78 is 11.2. The van der Waals surface area contributed by atoms with Gasteiger partial charge >= 0.3 is 0 Å². The van der Waals surface area contributed by atoms with Crippen molar-refractivity contribution in [1.82, 2.24) is 10.2 Å². The topological polar surface area (TPSA) is 37.6 Å². The van der Waals surface area contributed by atoms with Gasteiger partial charge in [0.1, 0.15) is 5.76 Å². The van der Waals surface area contributed by atoms with Gasteiger partial charge in [0.05, 0.1) is 18.9 Å². The number of nitrogens with one attached hydrogen (secondary N) is 1. The molecule has 0 spiro atoms. The highest BCUT2D eigenvalue weighted by Gasteiger charge is 2.28. The molecular formula is C14H24N2O2. The van der Waals surface area contributed by atoms with Gasteiger partial charge in [-0.25, -0.2) is 0 Å². The third-order valence-electron chi connectivity index (χ3n) is 3.70. The molecule has 2 atom stereocenters. The van der Waals surface area contributed by atoms with E-state index in [2.05, 4.69) is 37.2 Å².